The van der Waals surface area contributed by atoms with E-state index in [9.17, 15) is 20.1 Å². The van der Waals surface area contributed by atoms with Crippen molar-refractivity contribution in [2.75, 3.05) is 6.61 Å². The van der Waals surface area contributed by atoms with E-state index in [-0.39, 0.29) is 11.4 Å². The van der Waals surface area contributed by atoms with Gasteiger partial charge in [-0.1, -0.05) is 0 Å². The summed E-state index contributed by atoms with van der Waals surface area (Å²) in [5.74, 6) is -1.46. The van der Waals surface area contributed by atoms with E-state index in [0.29, 0.717) is 0 Å². The van der Waals surface area contributed by atoms with Crippen molar-refractivity contribution in [2.24, 2.45) is 5.73 Å². The fraction of sp³-hybridized carbons (Fsp3) is 0.556. The van der Waals surface area contributed by atoms with E-state index in [1.54, 1.807) is 0 Å². The molecule has 7 N–H and O–H groups in total. The average molecular weight is 259 g/mol. The third-order valence-electron chi connectivity index (χ3n) is 2.83. The maximum atomic E-state index is 10.9. The number of primary amides is 1. The smallest absolute Gasteiger partial charge is 0.270 e. The molecule has 0 radical (unpaired) electrons. The van der Waals surface area contributed by atoms with Gasteiger partial charge in [0.15, 0.2) is 11.4 Å². The summed E-state index contributed by atoms with van der Waals surface area (Å²) >= 11 is 0. The average Bonchev–Trinajstić information content (AvgIpc) is 2.82. The second-order valence-corrected chi connectivity index (χ2v) is 3.96. The van der Waals surface area contributed by atoms with Crippen molar-refractivity contribution >= 4 is 5.91 Å². The Labute approximate surface area is 101 Å². The highest BCUT2D eigenvalue weighted by Gasteiger charge is 2.45. The Morgan fingerprint density at radius 3 is 2.56 bits per heavy atom. The van der Waals surface area contributed by atoms with E-state index in [1.807, 2.05) is 0 Å². The molecule has 1 aliphatic rings. The normalized spacial score (nSPS) is 31.7. The number of carbonyl (C=O) groups is 1. The second-order valence-electron chi connectivity index (χ2n) is 3.96. The van der Waals surface area contributed by atoms with Crippen molar-refractivity contribution in [1.29, 1.82) is 0 Å². The lowest BCUT2D eigenvalue weighted by Gasteiger charge is -2.12. The van der Waals surface area contributed by atoms with E-state index in [0.717, 1.165) is 0 Å². The van der Waals surface area contributed by atoms with E-state index >= 15 is 0 Å². The highest BCUT2D eigenvalue weighted by atomic mass is 16.6. The van der Waals surface area contributed by atoms with Crippen LogP contribution in [0, 0.1) is 0 Å². The molecule has 0 saturated carbocycles. The molecular formula is C9H13N3O6. The van der Waals surface area contributed by atoms with Crippen LogP contribution < -0.4 is 5.73 Å². The zero-order chi connectivity index (χ0) is 13.4. The lowest BCUT2D eigenvalue weighted by molar-refractivity contribution is -0.0245. The van der Waals surface area contributed by atoms with Crippen LogP contribution in [0.2, 0.25) is 0 Å². The summed E-state index contributed by atoms with van der Waals surface area (Å²) in [7, 11) is 0. The van der Waals surface area contributed by atoms with E-state index in [1.165, 1.54) is 0 Å². The minimum Gasteiger partial charge on any atom is -0.504 e. The number of aliphatic hydroxyl groups excluding tert-OH is 3. The number of H-pyrrole nitrogens is 1. The Morgan fingerprint density at radius 1 is 1.44 bits per heavy atom. The molecule has 0 aliphatic carbocycles. The first-order chi connectivity index (χ1) is 8.47. The minimum atomic E-state index is -1.38. The topological polar surface area (TPSA) is 162 Å². The highest BCUT2D eigenvalue weighted by Crippen LogP contribution is 2.37. The predicted octanol–water partition coefficient (Wildman–Crippen LogP) is -2.63. The fourth-order valence-corrected chi connectivity index (χ4v) is 1.85. The van der Waals surface area contributed by atoms with Crippen molar-refractivity contribution in [1.82, 2.24) is 10.2 Å². The van der Waals surface area contributed by atoms with Crippen LogP contribution in [0.5, 0.6) is 5.75 Å². The molecule has 0 spiro atoms. The van der Waals surface area contributed by atoms with Gasteiger partial charge in [-0.3, -0.25) is 9.89 Å². The third-order valence-corrected chi connectivity index (χ3v) is 2.83. The van der Waals surface area contributed by atoms with Crippen molar-refractivity contribution < 1.29 is 30.0 Å². The predicted molar refractivity (Wildman–Crippen MR) is 55.5 cm³/mol. The van der Waals surface area contributed by atoms with Crippen molar-refractivity contribution in [3.63, 3.8) is 0 Å². The molecule has 1 fully saturated rings. The SMILES string of the molecule is NC(=O)c1[nH]nc([C@@H]2O[C@@H](CO)[C@H](O)[C@H]2O)c1O. The summed E-state index contributed by atoms with van der Waals surface area (Å²) in [6.45, 7) is -0.497. The van der Waals surface area contributed by atoms with Crippen LogP contribution in [0.4, 0.5) is 0 Å². The van der Waals surface area contributed by atoms with Crippen LogP contribution in [-0.4, -0.2) is 61.4 Å². The lowest BCUT2D eigenvalue weighted by atomic mass is 10.1. The van der Waals surface area contributed by atoms with Gasteiger partial charge in [0, 0.05) is 0 Å². The van der Waals surface area contributed by atoms with Gasteiger partial charge < -0.3 is 30.9 Å². The first kappa shape index (κ1) is 12.8. The van der Waals surface area contributed by atoms with Crippen molar-refractivity contribution in [2.45, 2.75) is 24.4 Å². The summed E-state index contributed by atoms with van der Waals surface area (Å²) in [6.07, 6.45) is -4.83. The van der Waals surface area contributed by atoms with Crippen LogP contribution in [0.1, 0.15) is 22.3 Å². The number of nitrogens with one attached hydrogen (secondary N) is 1. The third kappa shape index (κ3) is 1.82. The molecule has 1 saturated heterocycles. The molecule has 1 aliphatic heterocycles. The molecule has 9 nitrogen and oxygen atoms in total. The van der Waals surface area contributed by atoms with Crippen LogP contribution >= 0.6 is 0 Å². The monoisotopic (exact) mass is 259 g/mol. The maximum absolute atomic E-state index is 10.9. The molecule has 2 heterocycles. The molecule has 1 aromatic heterocycles. The number of nitrogens with zero attached hydrogens (tertiary/aromatic N) is 1. The lowest BCUT2D eigenvalue weighted by Crippen LogP contribution is -2.32. The Balaban J connectivity index is 2.30. The molecular weight excluding hydrogens is 246 g/mol. The van der Waals surface area contributed by atoms with E-state index in [2.05, 4.69) is 10.2 Å². The zero-order valence-electron chi connectivity index (χ0n) is 9.15. The first-order valence-corrected chi connectivity index (χ1v) is 5.16. The number of amides is 1. The van der Waals surface area contributed by atoms with Gasteiger partial charge in [0.05, 0.1) is 6.61 Å². The Kier molecular flexibility index (Phi) is 3.22. The summed E-state index contributed by atoms with van der Waals surface area (Å²) < 4.78 is 5.15. The van der Waals surface area contributed by atoms with Gasteiger partial charge in [0.1, 0.15) is 30.1 Å². The van der Waals surface area contributed by atoms with Crippen LogP contribution in [0.15, 0.2) is 0 Å². The molecule has 2 rings (SSSR count). The summed E-state index contributed by atoms with van der Waals surface area (Å²) in [4.78, 5) is 10.9. The number of rotatable bonds is 3. The number of ether oxygens (including phenoxy) is 1. The number of aliphatic hydroxyl groups is 3. The van der Waals surface area contributed by atoms with Gasteiger partial charge in [-0.2, -0.15) is 5.10 Å². The zero-order valence-corrected chi connectivity index (χ0v) is 9.15. The van der Waals surface area contributed by atoms with E-state index < -0.39 is 42.7 Å². The van der Waals surface area contributed by atoms with Gasteiger partial charge in [-0.05, 0) is 0 Å². The Hall–Kier alpha value is -1.68. The van der Waals surface area contributed by atoms with Crippen LogP contribution in [0.3, 0.4) is 0 Å². The van der Waals surface area contributed by atoms with E-state index in [4.69, 9.17) is 15.6 Å². The Morgan fingerprint density at radius 2 is 2.11 bits per heavy atom. The van der Waals surface area contributed by atoms with Crippen molar-refractivity contribution in [3.05, 3.63) is 11.4 Å². The van der Waals surface area contributed by atoms with Crippen LogP contribution in [0.25, 0.3) is 0 Å². The Bertz CT molecular complexity index is 461. The molecule has 9 heteroatoms. The van der Waals surface area contributed by atoms with Crippen molar-refractivity contribution in [3.8, 4) is 5.75 Å². The number of nitrogens with two attached hydrogens (primary N) is 1. The van der Waals surface area contributed by atoms with Gasteiger partial charge in [-0.25, -0.2) is 0 Å². The molecule has 0 bridgehead atoms. The maximum Gasteiger partial charge on any atom is 0.270 e. The summed E-state index contributed by atoms with van der Waals surface area (Å²) in [5.41, 5.74) is 4.52. The quantitative estimate of drug-likeness (QED) is 0.346. The standard InChI is InChI=1S/C9H13N3O6/c10-9(17)4-6(15)3(11-12-4)8-7(16)5(14)2(1-13)18-8/h2,5,7-8,13-16H,1H2,(H2,10,17)(H,11,12)/t2-,5-,7+,8-/m0/s1. The fourth-order valence-electron chi connectivity index (χ4n) is 1.85. The minimum absolute atomic E-state index is 0.147. The molecule has 100 valence electrons. The second kappa shape index (κ2) is 4.53. The number of carbonyl (C=O) groups excluding carboxylic acids is 1. The molecule has 18 heavy (non-hydrogen) atoms. The first-order valence-electron chi connectivity index (χ1n) is 5.16. The summed E-state index contributed by atoms with van der Waals surface area (Å²) in [5, 5.41) is 43.7. The van der Waals surface area contributed by atoms with Gasteiger partial charge in [0.2, 0.25) is 0 Å². The van der Waals surface area contributed by atoms with Gasteiger partial charge in [0.25, 0.3) is 5.91 Å². The largest absolute Gasteiger partial charge is 0.504 e. The molecule has 0 unspecified atom stereocenters. The molecule has 0 aromatic carbocycles. The van der Waals surface area contributed by atoms with Gasteiger partial charge in [-0.15, -0.1) is 0 Å². The summed E-state index contributed by atoms with van der Waals surface area (Å²) in [6, 6.07) is 0. The van der Waals surface area contributed by atoms with Gasteiger partial charge >= 0.3 is 0 Å². The number of hydrogen-bond acceptors (Lipinski definition) is 7. The molecule has 1 amide bonds. The number of aromatic nitrogens is 2. The molecule has 1 aromatic rings. The number of aromatic hydroxyl groups is 1. The van der Waals surface area contributed by atoms with Crippen LogP contribution in [-0.2, 0) is 4.74 Å². The number of hydrogen-bond donors (Lipinski definition) is 6. The highest BCUT2D eigenvalue weighted by molar-refractivity contribution is 5.93. The number of aromatic amines is 1. The molecule has 4 atom stereocenters.